The first-order valence-electron chi connectivity index (χ1n) is 6.43. The molecule has 1 unspecified atom stereocenters. The van der Waals surface area contributed by atoms with Crippen molar-refractivity contribution >= 4 is 0 Å². The SMILES string of the molecule is COc1ccc(CNC(CO)C(C)C)cc1OC(F)F. The van der Waals surface area contributed by atoms with Gasteiger partial charge in [0.15, 0.2) is 11.5 Å². The second kappa shape index (κ2) is 8.01. The summed E-state index contributed by atoms with van der Waals surface area (Å²) in [6.45, 7) is 1.56. The number of nitrogens with one attached hydrogen (secondary N) is 1. The lowest BCUT2D eigenvalue weighted by Crippen LogP contribution is -2.36. The minimum absolute atomic E-state index is 0.00638. The predicted octanol–water partition coefficient (Wildman–Crippen LogP) is 2.40. The molecule has 0 bridgehead atoms. The molecule has 0 aliphatic heterocycles. The van der Waals surface area contributed by atoms with E-state index in [2.05, 4.69) is 10.1 Å². The molecule has 0 aliphatic rings. The van der Waals surface area contributed by atoms with Crippen molar-refractivity contribution in [2.24, 2.45) is 5.92 Å². The fourth-order valence-corrected chi connectivity index (χ4v) is 1.78. The van der Waals surface area contributed by atoms with E-state index < -0.39 is 6.61 Å². The van der Waals surface area contributed by atoms with Gasteiger partial charge in [0.25, 0.3) is 0 Å². The number of aliphatic hydroxyl groups excluding tert-OH is 1. The minimum Gasteiger partial charge on any atom is -0.493 e. The highest BCUT2D eigenvalue weighted by atomic mass is 19.3. The summed E-state index contributed by atoms with van der Waals surface area (Å²) in [5, 5.41) is 12.4. The average molecular weight is 289 g/mol. The molecule has 0 saturated heterocycles. The van der Waals surface area contributed by atoms with Crippen LogP contribution in [0.3, 0.4) is 0 Å². The van der Waals surface area contributed by atoms with Crippen molar-refractivity contribution < 1.29 is 23.4 Å². The Morgan fingerprint density at radius 3 is 2.45 bits per heavy atom. The molecule has 0 saturated carbocycles. The van der Waals surface area contributed by atoms with Crippen LogP contribution in [0.2, 0.25) is 0 Å². The van der Waals surface area contributed by atoms with Crippen LogP contribution in [0, 0.1) is 5.92 Å². The van der Waals surface area contributed by atoms with Crippen LogP contribution in [0.15, 0.2) is 18.2 Å². The van der Waals surface area contributed by atoms with Gasteiger partial charge in [0.05, 0.1) is 13.7 Å². The Morgan fingerprint density at radius 2 is 1.95 bits per heavy atom. The Morgan fingerprint density at radius 1 is 1.25 bits per heavy atom. The zero-order valence-corrected chi connectivity index (χ0v) is 11.9. The topological polar surface area (TPSA) is 50.7 Å². The second-order valence-corrected chi connectivity index (χ2v) is 4.78. The average Bonchev–Trinajstić information content (AvgIpc) is 2.38. The van der Waals surface area contributed by atoms with Gasteiger partial charge in [0, 0.05) is 12.6 Å². The lowest BCUT2D eigenvalue weighted by molar-refractivity contribution is -0.0512. The van der Waals surface area contributed by atoms with E-state index in [0.717, 1.165) is 5.56 Å². The first-order valence-corrected chi connectivity index (χ1v) is 6.43. The summed E-state index contributed by atoms with van der Waals surface area (Å²) < 4.78 is 34.0. The third-order valence-corrected chi connectivity index (χ3v) is 3.01. The number of hydrogen-bond donors (Lipinski definition) is 2. The van der Waals surface area contributed by atoms with Crippen LogP contribution >= 0.6 is 0 Å². The highest BCUT2D eigenvalue weighted by Gasteiger charge is 2.14. The Bertz CT molecular complexity index is 413. The first kappa shape index (κ1) is 16.7. The van der Waals surface area contributed by atoms with Gasteiger partial charge in [0.2, 0.25) is 0 Å². The number of halogens is 2. The third-order valence-electron chi connectivity index (χ3n) is 3.01. The van der Waals surface area contributed by atoms with Crippen molar-refractivity contribution in [3.05, 3.63) is 23.8 Å². The van der Waals surface area contributed by atoms with Gasteiger partial charge in [-0.05, 0) is 23.6 Å². The van der Waals surface area contributed by atoms with Crippen molar-refractivity contribution in [1.29, 1.82) is 0 Å². The summed E-state index contributed by atoms with van der Waals surface area (Å²) in [4.78, 5) is 0. The van der Waals surface area contributed by atoms with Crippen molar-refractivity contribution in [2.45, 2.75) is 33.0 Å². The smallest absolute Gasteiger partial charge is 0.387 e. The number of alkyl halides is 2. The highest BCUT2D eigenvalue weighted by molar-refractivity contribution is 5.43. The molecule has 1 rings (SSSR count). The molecular weight excluding hydrogens is 268 g/mol. The van der Waals surface area contributed by atoms with Gasteiger partial charge >= 0.3 is 6.61 Å². The van der Waals surface area contributed by atoms with Crippen molar-refractivity contribution in [3.8, 4) is 11.5 Å². The highest BCUT2D eigenvalue weighted by Crippen LogP contribution is 2.29. The number of hydrogen-bond acceptors (Lipinski definition) is 4. The maximum atomic E-state index is 12.3. The third kappa shape index (κ3) is 4.94. The zero-order valence-electron chi connectivity index (χ0n) is 11.9. The number of ether oxygens (including phenoxy) is 2. The van der Waals surface area contributed by atoms with E-state index in [1.165, 1.54) is 13.2 Å². The molecule has 0 aliphatic carbocycles. The summed E-state index contributed by atoms with van der Waals surface area (Å²) in [6.07, 6.45) is 0. The van der Waals surface area contributed by atoms with Crippen LogP contribution in [0.5, 0.6) is 11.5 Å². The van der Waals surface area contributed by atoms with Crippen molar-refractivity contribution in [3.63, 3.8) is 0 Å². The number of benzene rings is 1. The molecule has 0 spiro atoms. The molecule has 0 aromatic heterocycles. The fourth-order valence-electron chi connectivity index (χ4n) is 1.78. The largest absolute Gasteiger partial charge is 0.493 e. The Labute approximate surface area is 117 Å². The monoisotopic (exact) mass is 289 g/mol. The van der Waals surface area contributed by atoms with Gasteiger partial charge in [-0.1, -0.05) is 19.9 Å². The number of rotatable bonds is 8. The number of methoxy groups -OCH3 is 1. The molecule has 0 fully saturated rings. The van der Waals surface area contributed by atoms with E-state index in [1.807, 2.05) is 13.8 Å². The van der Waals surface area contributed by atoms with Crippen molar-refractivity contribution in [1.82, 2.24) is 5.32 Å². The first-order chi connectivity index (χ1) is 9.47. The van der Waals surface area contributed by atoms with E-state index in [9.17, 15) is 13.9 Å². The van der Waals surface area contributed by atoms with Crippen LogP contribution in [-0.4, -0.2) is 31.5 Å². The van der Waals surface area contributed by atoms with Crippen LogP contribution in [0.4, 0.5) is 8.78 Å². The van der Waals surface area contributed by atoms with E-state index in [0.29, 0.717) is 6.54 Å². The van der Waals surface area contributed by atoms with Crippen molar-refractivity contribution in [2.75, 3.05) is 13.7 Å². The molecule has 1 atom stereocenters. The molecule has 1 aromatic carbocycles. The molecular formula is C14H21F2NO3. The maximum absolute atomic E-state index is 12.3. The van der Waals surface area contributed by atoms with Crippen LogP contribution in [0.25, 0.3) is 0 Å². The van der Waals surface area contributed by atoms with Crippen LogP contribution < -0.4 is 14.8 Å². The molecule has 2 N–H and O–H groups in total. The summed E-state index contributed by atoms with van der Waals surface area (Å²) >= 11 is 0. The molecule has 1 aromatic rings. The Balaban J connectivity index is 2.76. The quantitative estimate of drug-likeness (QED) is 0.771. The molecule has 20 heavy (non-hydrogen) atoms. The van der Waals surface area contributed by atoms with Gasteiger partial charge < -0.3 is 19.9 Å². The summed E-state index contributed by atoms with van der Waals surface area (Å²) in [5.41, 5.74) is 0.778. The van der Waals surface area contributed by atoms with E-state index in [4.69, 9.17) is 4.74 Å². The van der Waals surface area contributed by atoms with E-state index in [-0.39, 0.29) is 30.1 Å². The van der Waals surface area contributed by atoms with Gasteiger partial charge in [-0.3, -0.25) is 0 Å². The molecule has 0 radical (unpaired) electrons. The van der Waals surface area contributed by atoms with Gasteiger partial charge in [-0.25, -0.2) is 0 Å². The van der Waals surface area contributed by atoms with Crippen LogP contribution in [-0.2, 0) is 6.54 Å². The molecule has 0 amide bonds. The van der Waals surface area contributed by atoms with Gasteiger partial charge in [0.1, 0.15) is 0 Å². The number of aliphatic hydroxyl groups is 1. The molecule has 6 heteroatoms. The van der Waals surface area contributed by atoms with E-state index >= 15 is 0 Å². The molecule has 114 valence electrons. The lowest BCUT2D eigenvalue weighted by Gasteiger charge is -2.20. The van der Waals surface area contributed by atoms with E-state index in [1.54, 1.807) is 12.1 Å². The lowest BCUT2D eigenvalue weighted by atomic mass is 10.0. The maximum Gasteiger partial charge on any atom is 0.387 e. The normalized spacial score (nSPS) is 12.8. The standard InChI is InChI=1S/C14H21F2NO3/c1-9(2)11(8-18)17-7-10-4-5-12(19-3)13(6-10)20-14(15)16/h4-6,9,11,14,17-18H,7-8H2,1-3H3. The van der Waals surface area contributed by atoms with Gasteiger partial charge in [-0.15, -0.1) is 0 Å². The summed E-state index contributed by atoms with van der Waals surface area (Å²) in [5.74, 6) is 0.540. The van der Waals surface area contributed by atoms with Gasteiger partial charge in [-0.2, -0.15) is 8.78 Å². The fraction of sp³-hybridized carbons (Fsp3) is 0.571. The predicted molar refractivity (Wildman–Crippen MR) is 72.2 cm³/mol. The van der Waals surface area contributed by atoms with Crippen LogP contribution in [0.1, 0.15) is 19.4 Å². The Hall–Kier alpha value is -1.40. The zero-order chi connectivity index (χ0) is 15.1. The second-order valence-electron chi connectivity index (χ2n) is 4.78. The summed E-state index contributed by atoms with van der Waals surface area (Å²) in [6, 6.07) is 4.81. The molecule has 4 nitrogen and oxygen atoms in total. The summed E-state index contributed by atoms with van der Waals surface area (Å²) in [7, 11) is 1.39. The Kier molecular flexibility index (Phi) is 6.67. The molecule has 0 heterocycles. The minimum atomic E-state index is -2.90.